The minimum atomic E-state index is -0.531. The van der Waals surface area contributed by atoms with Gasteiger partial charge in [-0.1, -0.05) is 30.3 Å². The zero-order chi connectivity index (χ0) is 15.4. The Morgan fingerprint density at radius 1 is 0.957 bits per heavy atom. The van der Waals surface area contributed by atoms with E-state index < -0.39 is 6.10 Å². The lowest BCUT2D eigenvalue weighted by molar-refractivity contribution is -0.00783. The van der Waals surface area contributed by atoms with Crippen LogP contribution in [0, 0.1) is 5.92 Å². The molecule has 0 saturated carbocycles. The van der Waals surface area contributed by atoms with Crippen LogP contribution in [-0.4, -0.2) is 35.7 Å². The molecule has 2 atom stereocenters. The number of piperidine rings is 3. The molecule has 3 nitrogen and oxygen atoms in total. The van der Waals surface area contributed by atoms with Crippen molar-refractivity contribution in [3.05, 3.63) is 53.6 Å². The van der Waals surface area contributed by atoms with E-state index in [0.29, 0.717) is 12.0 Å². The molecule has 2 aromatic carbocycles. The third-order valence-electron chi connectivity index (χ3n) is 5.75. The highest BCUT2D eigenvalue weighted by molar-refractivity contribution is 5.78. The van der Waals surface area contributed by atoms with E-state index in [1.807, 2.05) is 24.3 Å². The molecule has 0 aromatic heterocycles. The molecule has 1 aliphatic carbocycles. The molecule has 0 radical (unpaired) electrons. The Labute approximate surface area is 136 Å². The van der Waals surface area contributed by atoms with Crippen molar-refractivity contribution >= 4 is 0 Å². The van der Waals surface area contributed by atoms with Gasteiger partial charge in [-0.25, -0.2) is 0 Å². The molecule has 3 saturated heterocycles. The number of rotatable bonds is 2. The van der Waals surface area contributed by atoms with Crippen LogP contribution >= 0.6 is 0 Å². The summed E-state index contributed by atoms with van der Waals surface area (Å²) in [6, 6.07) is 14.3. The molecule has 4 aliphatic rings. The molecule has 2 unspecified atom stereocenters. The topological polar surface area (TPSA) is 32.7 Å². The maximum absolute atomic E-state index is 10.6. The Morgan fingerprint density at radius 2 is 1.74 bits per heavy atom. The van der Waals surface area contributed by atoms with Crippen LogP contribution in [0.2, 0.25) is 0 Å². The van der Waals surface area contributed by atoms with Crippen molar-refractivity contribution < 1.29 is 9.84 Å². The highest BCUT2D eigenvalue weighted by Crippen LogP contribution is 2.44. The van der Waals surface area contributed by atoms with Gasteiger partial charge in [-0.05, 0) is 66.2 Å². The molecule has 6 rings (SSSR count). The normalized spacial score (nSPS) is 30.8. The summed E-state index contributed by atoms with van der Waals surface area (Å²) in [6.45, 7) is 3.50. The Morgan fingerprint density at radius 3 is 2.52 bits per heavy atom. The average Bonchev–Trinajstić information content (AvgIpc) is 2.89. The molecule has 118 valence electrons. The zero-order valence-electron chi connectivity index (χ0n) is 13.1. The third kappa shape index (κ3) is 2.11. The van der Waals surface area contributed by atoms with Gasteiger partial charge < -0.3 is 9.84 Å². The van der Waals surface area contributed by atoms with E-state index in [0.717, 1.165) is 34.5 Å². The average molecular weight is 307 g/mol. The Bertz CT molecular complexity index is 749. The van der Waals surface area contributed by atoms with Crippen molar-refractivity contribution in [3.63, 3.8) is 0 Å². The first-order chi connectivity index (χ1) is 11.3. The number of aliphatic hydroxyl groups excluding tert-OH is 1. The molecule has 3 aliphatic heterocycles. The van der Waals surface area contributed by atoms with E-state index in [1.165, 1.54) is 25.9 Å². The van der Waals surface area contributed by atoms with E-state index in [9.17, 15) is 5.11 Å². The van der Waals surface area contributed by atoms with Gasteiger partial charge in [0, 0.05) is 6.54 Å². The second-order valence-electron chi connectivity index (χ2n) is 7.03. The first kappa shape index (κ1) is 13.6. The lowest BCUT2D eigenvalue weighted by atomic mass is 9.86. The summed E-state index contributed by atoms with van der Waals surface area (Å²) in [5.41, 5.74) is 4.26. The van der Waals surface area contributed by atoms with Crippen molar-refractivity contribution in [2.24, 2.45) is 5.92 Å². The number of fused-ring (bicyclic) bond motifs is 6. The molecule has 1 N–H and O–H groups in total. The maximum Gasteiger partial charge on any atom is 0.120 e. The Balaban J connectivity index is 1.44. The number of aliphatic hydroxyl groups is 1. The van der Waals surface area contributed by atoms with Crippen LogP contribution in [0.15, 0.2) is 42.5 Å². The zero-order valence-corrected chi connectivity index (χ0v) is 13.1. The molecule has 3 heterocycles. The molecule has 2 aromatic rings. The SMILES string of the molecule is OC1c2ccccc2-c2ccc(OC3CN4CCC3CC4)cc21. The molecule has 0 spiro atoms. The van der Waals surface area contributed by atoms with Gasteiger partial charge in [-0.3, -0.25) is 4.90 Å². The van der Waals surface area contributed by atoms with E-state index in [-0.39, 0.29) is 0 Å². The van der Waals surface area contributed by atoms with Gasteiger partial charge in [0.2, 0.25) is 0 Å². The van der Waals surface area contributed by atoms with Gasteiger partial charge in [-0.15, -0.1) is 0 Å². The highest BCUT2D eigenvalue weighted by atomic mass is 16.5. The van der Waals surface area contributed by atoms with E-state index >= 15 is 0 Å². The van der Waals surface area contributed by atoms with Crippen molar-refractivity contribution in [2.75, 3.05) is 19.6 Å². The van der Waals surface area contributed by atoms with Crippen molar-refractivity contribution in [1.29, 1.82) is 0 Å². The fraction of sp³-hybridized carbons (Fsp3) is 0.400. The van der Waals surface area contributed by atoms with Gasteiger partial charge >= 0.3 is 0 Å². The standard InChI is InChI=1S/C20H21NO2/c22-20-17-4-2-1-3-15(17)16-6-5-14(11-18(16)20)23-19-12-21-9-7-13(19)8-10-21/h1-6,11,13,19-20,22H,7-10,12H2. The Kier molecular flexibility index (Phi) is 3.00. The summed E-state index contributed by atoms with van der Waals surface area (Å²) in [4.78, 5) is 2.50. The Hall–Kier alpha value is -1.84. The molecule has 0 amide bonds. The molecular weight excluding hydrogens is 286 g/mol. The van der Waals surface area contributed by atoms with E-state index in [4.69, 9.17) is 4.74 Å². The van der Waals surface area contributed by atoms with Crippen molar-refractivity contribution in [2.45, 2.75) is 25.0 Å². The number of hydrogen-bond acceptors (Lipinski definition) is 3. The molecular formula is C20H21NO2. The van der Waals surface area contributed by atoms with Crippen LogP contribution in [-0.2, 0) is 0 Å². The number of benzene rings is 2. The van der Waals surface area contributed by atoms with Crippen LogP contribution < -0.4 is 4.74 Å². The van der Waals surface area contributed by atoms with Gasteiger partial charge in [0.25, 0.3) is 0 Å². The van der Waals surface area contributed by atoms with Crippen LogP contribution in [0.4, 0.5) is 0 Å². The molecule has 3 fully saturated rings. The second-order valence-corrected chi connectivity index (χ2v) is 7.03. The number of hydrogen-bond donors (Lipinski definition) is 1. The first-order valence-corrected chi connectivity index (χ1v) is 8.60. The quantitative estimate of drug-likeness (QED) is 0.924. The molecule has 3 heteroatoms. The monoisotopic (exact) mass is 307 g/mol. The maximum atomic E-state index is 10.6. The summed E-state index contributed by atoms with van der Waals surface area (Å²) in [5, 5.41) is 10.6. The first-order valence-electron chi connectivity index (χ1n) is 8.60. The van der Waals surface area contributed by atoms with Crippen molar-refractivity contribution in [3.8, 4) is 16.9 Å². The highest BCUT2D eigenvalue weighted by Gasteiger charge is 2.36. The second kappa shape index (κ2) is 5.08. The smallest absolute Gasteiger partial charge is 0.120 e. The minimum Gasteiger partial charge on any atom is -0.489 e. The van der Waals surface area contributed by atoms with Crippen LogP contribution in [0.25, 0.3) is 11.1 Å². The summed E-state index contributed by atoms with van der Waals surface area (Å²) in [7, 11) is 0. The van der Waals surface area contributed by atoms with Crippen LogP contribution in [0.5, 0.6) is 5.75 Å². The van der Waals surface area contributed by atoms with E-state index in [2.05, 4.69) is 23.1 Å². The predicted octanol–water partition coefficient (Wildman–Crippen LogP) is 3.22. The van der Waals surface area contributed by atoms with Gasteiger partial charge in [0.15, 0.2) is 0 Å². The summed E-state index contributed by atoms with van der Waals surface area (Å²) in [6.07, 6.45) is 2.28. The molecule has 23 heavy (non-hydrogen) atoms. The fourth-order valence-electron chi connectivity index (χ4n) is 4.45. The van der Waals surface area contributed by atoms with Crippen LogP contribution in [0.3, 0.4) is 0 Å². The van der Waals surface area contributed by atoms with Gasteiger partial charge in [-0.2, -0.15) is 0 Å². The van der Waals surface area contributed by atoms with Gasteiger partial charge in [0.05, 0.1) is 0 Å². The summed E-state index contributed by atoms with van der Waals surface area (Å²) < 4.78 is 6.31. The lowest BCUT2D eigenvalue weighted by Crippen LogP contribution is -2.52. The largest absolute Gasteiger partial charge is 0.489 e. The molecule has 2 bridgehead atoms. The van der Waals surface area contributed by atoms with E-state index in [1.54, 1.807) is 0 Å². The lowest BCUT2D eigenvalue weighted by Gasteiger charge is -2.44. The predicted molar refractivity (Wildman–Crippen MR) is 89.5 cm³/mol. The van der Waals surface area contributed by atoms with Crippen LogP contribution in [0.1, 0.15) is 30.1 Å². The number of nitrogens with zero attached hydrogens (tertiary/aromatic N) is 1. The number of ether oxygens (including phenoxy) is 1. The van der Waals surface area contributed by atoms with Gasteiger partial charge in [0.1, 0.15) is 18.0 Å². The van der Waals surface area contributed by atoms with Crippen molar-refractivity contribution in [1.82, 2.24) is 4.90 Å². The third-order valence-corrected chi connectivity index (χ3v) is 5.75. The summed E-state index contributed by atoms with van der Waals surface area (Å²) in [5.74, 6) is 1.59. The fourth-order valence-corrected chi connectivity index (χ4v) is 4.45. The summed E-state index contributed by atoms with van der Waals surface area (Å²) >= 11 is 0. The minimum absolute atomic E-state index is 0.302.